The topological polar surface area (TPSA) is 61.4 Å². The van der Waals surface area contributed by atoms with E-state index in [4.69, 9.17) is 0 Å². The molecule has 1 saturated heterocycles. The molecular weight excluding hydrogens is 274 g/mol. The van der Waals surface area contributed by atoms with E-state index >= 15 is 0 Å². The molecule has 1 aromatic carbocycles. The van der Waals surface area contributed by atoms with E-state index in [2.05, 4.69) is 36.0 Å². The first kappa shape index (κ1) is 15.4. The van der Waals surface area contributed by atoms with Crippen molar-refractivity contribution in [1.82, 2.24) is 14.3 Å². The second kappa shape index (κ2) is 6.67. The first-order valence-corrected chi connectivity index (χ1v) is 8.47. The lowest BCUT2D eigenvalue weighted by Gasteiger charge is -2.26. The molecule has 0 unspecified atom stereocenters. The lowest BCUT2D eigenvalue weighted by molar-refractivity contribution is 0.354. The summed E-state index contributed by atoms with van der Waals surface area (Å²) in [5.41, 5.74) is 2.24. The Balaban J connectivity index is 1.93. The van der Waals surface area contributed by atoms with Gasteiger partial charge in [-0.15, -0.1) is 0 Å². The van der Waals surface area contributed by atoms with Crippen LogP contribution in [-0.4, -0.2) is 38.9 Å². The highest BCUT2D eigenvalue weighted by Gasteiger charge is 2.22. The average molecular weight is 297 g/mol. The van der Waals surface area contributed by atoms with E-state index < -0.39 is 10.2 Å². The van der Waals surface area contributed by atoms with Crippen molar-refractivity contribution in [3.05, 3.63) is 35.4 Å². The molecule has 0 spiro atoms. The lowest BCUT2D eigenvalue weighted by atomic mass is 10.0. The molecule has 2 N–H and O–H groups in total. The van der Waals surface area contributed by atoms with Gasteiger partial charge in [0.05, 0.1) is 0 Å². The summed E-state index contributed by atoms with van der Waals surface area (Å²) in [6.45, 7) is 7.10. The Labute approximate surface area is 121 Å². The largest absolute Gasteiger partial charge is 0.314 e. The van der Waals surface area contributed by atoms with Gasteiger partial charge in [-0.3, -0.25) is 0 Å². The second-order valence-electron chi connectivity index (χ2n) is 5.37. The van der Waals surface area contributed by atoms with Gasteiger partial charge < -0.3 is 5.32 Å². The molecule has 1 aliphatic rings. The smallest absolute Gasteiger partial charge is 0.279 e. The highest BCUT2D eigenvalue weighted by atomic mass is 32.2. The maximum Gasteiger partial charge on any atom is 0.279 e. The van der Waals surface area contributed by atoms with Crippen LogP contribution in [-0.2, 0) is 16.8 Å². The third-order valence-corrected chi connectivity index (χ3v) is 5.08. The van der Waals surface area contributed by atoms with Crippen LogP contribution in [0.2, 0.25) is 0 Å². The zero-order valence-electron chi connectivity index (χ0n) is 12.1. The molecule has 2 rings (SSSR count). The zero-order valence-corrected chi connectivity index (χ0v) is 12.9. The maximum atomic E-state index is 12.1. The molecule has 1 aromatic rings. The molecular formula is C14H23N3O2S. The number of benzene rings is 1. The Morgan fingerprint density at radius 1 is 1.20 bits per heavy atom. The predicted octanol–water partition coefficient (Wildman–Crippen LogP) is 1.05. The fourth-order valence-corrected chi connectivity index (χ4v) is 3.37. The van der Waals surface area contributed by atoms with E-state index in [0.29, 0.717) is 38.6 Å². The molecule has 0 aromatic heterocycles. The number of piperazine rings is 1. The van der Waals surface area contributed by atoms with Crippen molar-refractivity contribution < 1.29 is 8.42 Å². The molecule has 6 heteroatoms. The first-order valence-electron chi connectivity index (χ1n) is 7.03. The summed E-state index contributed by atoms with van der Waals surface area (Å²) in [4.78, 5) is 0. The van der Waals surface area contributed by atoms with Crippen LogP contribution in [0.15, 0.2) is 24.3 Å². The molecule has 0 saturated carbocycles. The summed E-state index contributed by atoms with van der Waals surface area (Å²) in [6, 6.07) is 8.07. The Kier molecular flexibility index (Phi) is 5.15. The normalized spacial score (nSPS) is 17.6. The number of nitrogens with zero attached hydrogens (tertiary/aromatic N) is 1. The van der Waals surface area contributed by atoms with Gasteiger partial charge in [-0.2, -0.15) is 17.4 Å². The highest BCUT2D eigenvalue weighted by molar-refractivity contribution is 7.87. The summed E-state index contributed by atoms with van der Waals surface area (Å²) in [5, 5.41) is 3.14. The van der Waals surface area contributed by atoms with E-state index in [1.165, 1.54) is 9.87 Å². The second-order valence-corrected chi connectivity index (χ2v) is 7.13. The fraction of sp³-hybridized carbons (Fsp3) is 0.571. The molecule has 5 nitrogen and oxygen atoms in total. The van der Waals surface area contributed by atoms with Crippen molar-refractivity contribution >= 4 is 10.2 Å². The summed E-state index contributed by atoms with van der Waals surface area (Å²) in [6.07, 6.45) is 0. The van der Waals surface area contributed by atoms with Gasteiger partial charge in [-0.1, -0.05) is 38.1 Å². The Morgan fingerprint density at radius 3 is 2.35 bits per heavy atom. The molecule has 0 aliphatic carbocycles. The van der Waals surface area contributed by atoms with Gasteiger partial charge in [0.25, 0.3) is 10.2 Å². The van der Waals surface area contributed by atoms with Crippen molar-refractivity contribution in [3.8, 4) is 0 Å². The standard InChI is InChI=1S/C14H23N3O2S/c1-12(2)14-5-3-13(4-6-14)11-16-20(18,19)17-9-7-15-8-10-17/h3-6,12,15-16H,7-11H2,1-2H3. The Morgan fingerprint density at radius 2 is 1.80 bits per heavy atom. The molecule has 0 radical (unpaired) electrons. The SMILES string of the molecule is CC(C)c1ccc(CNS(=O)(=O)N2CCNCC2)cc1. The molecule has 0 atom stereocenters. The van der Waals surface area contributed by atoms with Crippen molar-refractivity contribution in [1.29, 1.82) is 0 Å². The maximum absolute atomic E-state index is 12.1. The van der Waals surface area contributed by atoms with Gasteiger partial charge in [-0.25, -0.2) is 0 Å². The van der Waals surface area contributed by atoms with Crippen molar-refractivity contribution in [2.45, 2.75) is 26.3 Å². The minimum atomic E-state index is -3.36. The summed E-state index contributed by atoms with van der Waals surface area (Å²) in [7, 11) is -3.36. The zero-order chi connectivity index (χ0) is 14.6. The number of rotatable bonds is 5. The third kappa shape index (κ3) is 4.02. The van der Waals surface area contributed by atoms with Gasteiger partial charge in [-0.05, 0) is 17.0 Å². The van der Waals surface area contributed by atoms with E-state index in [1.807, 2.05) is 12.1 Å². The lowest BCUT2D eigenvalue weighted by Crippen LogP contribution is -2.50. The van der Waals surface area contributed by atoms with Crippen LogP contribution < -0.4 is 10.0 Å². The van der Waals surface area contributed by atoms with E-state index in [1.54, 1.807) is 0 Å². The van der Waals surface area contributed by atoms with Gasteiger partial charge in [0.15, 0.2) is 0 Å². The van der Waals surface area contributed by atoms with Crippen LogP contribution in [0, 0.1) is 0 Å². The molecule has 20 heavy (non-hydrogen) atoms. The van der Waals surface area contributed by atoms with Gasteiger partial charge in [0, 0.05) is 32.7 Å². The molecule has 0 bridgehead atoms. The number of nitrogens with one attached hydrogen (secondary N) is 2. The Hall–Kier alpha value is -0.950. The number of hydrogen-bond donors (Lipinski definition) is 2. The van der Waals surface area contributed by atoms with Crippen LogP contribution in [0.3, 0.4) is 0 Å². The van der Waals surface area contributed by atoms with Gasteiger partial charge in [0.1, 0.15) is 0 Å². The van der Waals surface area contributed by atoms with Crippen molar-refractivity contribution in [2.75, 3.05) is 26.2 Å². The fourth-order valence-electron chi connectivity index (χ4n) is 2.17. The average Bonchev–Trinajstić information content (AvgIpc) is 2.46. The monoisotopic (exact) mass is 297 g/mol. The van der Waals surface area contributed by atoms with Gasteiger partial charge in [0.2, 0.25) is 0 Å². The molecule has 1 heterocycles. The molecule has 0 amide bonds. The Bertz CT molecular complexity index is 520. The summed E-state index contributed by atoms with van der Waals surface area (Å²) in [5.74, 6) is 0.488. The van der Waals surface area contributed by atoms with Gasteiger partial charge >= 0.3 is 0 Å². The van der Waals surface area contributed by atoms with Crippen LogP contribution in [0.1, 0.15) is 30.9 Å². The molecule has 112 valence electrons. The predicted molar refractivity (Wildman–Crippen MR) is 80.7 cm³/mol. The molecule has 1 aliphatic heterocycles. The van der Waals surface area contributed by atoms with E-state index in [9.17, 15) is 8.42 Å². The first-order chi connectivity index (χ1) is 9.49. The van der Waals surface area contributed by atoms with Crippen LogP contribution in [0.25, 0.3) is 0 Å². The van der Waals surface area contributed by atoms with E-state index in [-0.39, 0.29) is 0 Å². The highest BCUT2D eigenvalue weighted by Crippen LogP contribution is 2.14. The van der Waals surface area contributed by atoms with Crippen molar-refractivity contribution in [2.24, 2.45) is 0 Å². The summed E-state index contributed by atoms with van der Waals surface area (Å²) >= 11 is 0. The van der Waals surface area contributed by atoms with Crippen LogP contribution in [0.4, 0.5) is 0 Å². The quantitative estimate of drug-likeness (QED) is 0.854. The van der Waals surface area contributed by atoms with Crippen molar-refractivity contribution in [3.63, 3.8) is 0 Å². The third-order valence-electron chi connectivity index (χ3n) is 3.52. The van der Waals surface area contributed by atoms with E-state index in [0.717, 1.165) is 5.56 Å². The van der Waals surface area contributed by atoms with Crippen LogP contribution >= 0.6 is 0 Å². The summed E-state index contributed by atoms with van der Waals surface area (Å²) < 4.78 is 28.4. The molecule has 1 fully saturated rings. The van der Waals surface area contributed by atoms with Crippen LogP contribution in [0.5, 0.6) is 0 Å². The number of hydrogen-bond acceptors (Lipinski definition) is 3. The minimum Gasteiger partial charge on any atom is -0.314 e. The minimum absolute atomic E-state index is 0.338.